The minimum Gasteiger partial charge on any atom is -0.490 e. The molecule has 2 aromatic carbocycles. The molecule has 0 aliphatic rings. The topological polar surface area (TPSA) is 55.7 Å². The zero-order valence-electron chi connectivity index (χ0n) is 14.9. The number of nitrogens with one attached hydrogen (secondary N) is 1. The van der Waals surface area contributed by atoms with E-state index in [4.69, 9.17) is 4.74 Å². The van der Waals surface area contributed by atoms with Gasteiger partial charge in [-0.3, -0.25) is 0 Å². The van der Waals surface area contributed by atoms with Crippen LogP contribution in [0.15, 0.2) is 59.9 Å². The first-order valence-electron chi connectivity index (χ1n) is 8.77. The van der Waals surface area contributed by atoms with Crippen molar-refractivity contribution in [3.8, 4) is 17.1 Å². The molecular formula is C20H19FN4OS. The number of H-pyrrole nitrogens is 1. The van der Waals surface area contributed by atoms with Gasteiger partial charge < -0.3 is 14.3 Å². The number of hydrogen-bond acceptors (Lipinski definition) is 4. The van der Waals surface area contributed by atoms with Crippen LogP contribution in [0.4, 0.5) is 4.39 Å². The molecule has 7 heteroatoms. The van der Waals surface area contributed by atoms with Crippen molar-refractivity contribution in [2.45, 2.75) is 18.6 Å². The predicted octanol–water partition coefficient (Wildman–Crippen LogP) is 4.76. The highest BCUT2D eigenvalue weighted by Crippen LogP contribution is 2.30. The van der Waals surface area contributed by atoms with E-state index in [0.717, 1.165) is 34.0 Å². The number of ether oxygens (including phenoxy) is 1. The Bertz CT molecular complexity index is 1060. The second-order valence-corrected chi connectivity index (χ2v) is 6.99. The number of aromatic amines is 1. The van der Waals surface area contributed by atoms with Gasteiger partial charge in [-0.2, -0.15) is 0 Å². The lowest BCUT2D eigenvalue weighted by Gasteiger charge is -2.08. The van der Waals surface area contributed by atoms with E-state index in [9.17, 15) is 4.39 Å². The van der Waals surface area contributed by atoms with Crippen LogP contribution in [0.3, 0.4) is 0 Å². The minimum atomic E-state index is -0.346. The Hall–Kier alpha value is -2.80. The fourth-order valence-electron chi connectivity index (χ4n) is 2.98. The molecule has 0 saturated carbocycles. The van der Waals surface area contributed by atoms with Gasteiger partial charge in [-0.05, 0) is 25.1 Å². The van der Waals surface area contributed by atoms with E-state index >= 15 is 0 Å². The zero-order valence-corrected chi connectivity index (χ0v) is 15.7. The van der Waals surface area contributed by atoms with Crippen LogP contribution in [0.2, 0.25) is 0 Å². The van der Waals surface area contributed by atoms with Crippen molar-refractivity contribution < 1.29 is 9.13 Å². The Morgan fingerprint density at radius 2 is 1.93 bits per heavy atom. The number of hydrogen-bond donors (Lipinski definition) is 1. The molecule has 0 bridgehead atoms. The molecule has 0 aliphatic carbocycles. The van der Waals surface area contributed by atoms with Crippen LogP contribution >= 0.6 is 11.8 Å². The molecule has 0 spiro atoms. The van der Waals surface area contributed by atoms with Gasteiger partial charge in [0, 0.05) is 35.0 Å². The van der Waals surface area contributed by atoms with Gasteiger partial charge in [-0.1, -0.05) is 42.1 Å². The molecule has 0 amide bonds. The van der Waals surface area contributed by atoms with Crippen LogP contribution in [-0.2, 0) is 6.54 Å². The molecule has 0 aliphatic heterocycles. The molecule has 4 aromatic rings. The first-order chi connectivity index (χ1) is 13.3. The quantitative estimate of drug-likeness (QED) is 0.370. The summed E-state index contributed by atoms with van der Waals surface area (Å²) in [5.41, 5.74) is 2.11. The normalized spacial score (nSPS) is 11.2. The van der Waals surface area contributed by atoms with Crippen molar-refractivity contribution in [1.82, 2.24) is 19.7 Å². The van der Waals surface area contributed by atoms with Gasteiger partial charge in [-0.25, -0.2) is 4.39 Å². The molecule has 0 radical (unpaired) electrons. The van der Waals surface area contributed by atoms with Crippen molar-refractivity contribution >= 4 is 22.7 Å². The van der Waals surface area contributed by atoms with Gasteiger partial charge in [0.25, 0.3) is 0 Å². The molecule has 27 heavy (non-hydrogen) atoms. The zero-order chi connectivity index (χ0) is 18.6. The maximum Gasteiger partial charge on any atom is 0.191 e. The number of aromatic nitrogens is 4. The van der Waals surface area contributed by atoms with E-state index in [0.29, 0.717) is 12.4 Å². The van der Waals surface area contributed by atoms with Crippen LogP contribution in [0.5, 0.6) is 5.75 Å². The largest absolute Gasteiger partial charge is 0.490 e. The van der Waals surface area contributed by atoms with Crippen LogP contribution in [0, 0.1) is 5.82 Å². The number of rotatable bonds is 7. The SMILES string of the molecule is CCn1c(SCCOc2ccccc2F)nnc1-c1c[nH]c2ccccc12. The van der Waals surface area contributed by atoms with E-state index in [1.54, 1.807) is 30.0 Å². The van der Waals surface area contributed by atoms with E-state index in [2.05, 4.69) is 32.7 Å². The molecule has 2 aromatic heterocycles. The lowest BCUT2D eigenvalue weighted by atomic mass is 10.1. The molecule has 4 rings (SSSR count). The summed E-state index contributed by atoms with van der Waals surface area (Å²) in [6.07, 6.45) is 1.97. The van der Waals surface area contributed by atoms with Crippen LogP contribution in [0.25, 0.3) is 22.3 Å². The second-order valence-electron chi connectivity index (χ2n) is 5.93. The van der Waals surface area contributed by atoms with Crippen molar-refractivity contribution in [1.29, 1.82) is 0 Å². The summed E-state index contributed by atoms with van der Waals surface area (Å²) < 4.78 is 21.2. The molecule has 138 valence electrons. The maximum atomic E-state index is 13.6. The molecule has 2 heterocycles. The number of nitrogens with zero attached hydrogens (tertiary/aromatic N) is 3. The average Bonchev–Trinajstić information content (AvgIpc) is 3.29. The molecule has 0 fully saturated rings. The van der Waals surface area contributed by atoms with Gasteiger partial charge >= 0.3 is 0 Å². The van der Waals surface area contributed by atoms with Gasteiger partial charge in [0.1, 0.15) is 0 Å². The average molecular weight is 382 g/mol. The molecule has 0 atom stereocenters. The summed E-state index contributed by atoms with van der Waals surface area (Å²) in [4.78, 5) is 3.28. The van der Waals surface area contributed by atoms with E-state index in [1.165, 1.54) is 6.07 Å². The molecule has 5 nitrogen and oxygen atoms in total. The monoisotopic (exact) mass is 382 g/mol. The number of halogens is 1. The van der Waals surface area contributed by atoms with Crippen LogP contribution < -0.4 is 4.74 Å². The third kappa shape index (κ3) is 3.55. The summed E-state index contributed by atoms with van der Waals surface area (Å²) in [5, 5.41) is 10.7. The van der Waals surface area contributed by atoms with Crippen LogP contribution in [0.1, 0.15) is 6.92 Å². The van der Waals surface area contributed by atoms with E-state index < -0.39 is 0 Å². The second kappa shape index (κ2) is 7.84. The first kappa shape index (κ1) is 17.6. The number of benzene rings is 2. The molecule has 1 N–H and O–H groups in total. The van der Waals surface area contributed by atoms with Crippen molar-refractivity contribution in [3.05, 3.63) is 60.5 Å². The Labute approximate surface area is 160 Å². The predicted molar refractivity (Wildman–Crippen MR) is 106 cm³/mol. The highest BCUT2D eigenvalue weighted by Gasteiger charge is 2.16. The first-order valence-corrected chi connectivity index (χ1v) is 9.76. The molecule has 0 unspecified atom stereocenters. The highest BCUT2D eigenvalue weighted by atomic mass is 32.2. The number of para-hydroxylation sites is 2. The van der Waals surface area contributed by atoms with Gasteiger partial charge in [0.15, 0.2) is 22.5 Å². The third-order valence-electron chi connectivity index (χ3n) is 4.27. The number of fused-ring (bicyclic) bond motifs is 1. The van der Waals surface area contributed by atoms with Crippen LogP contribution in [-0.4, -0.2) is 32.1 Å². The lowest BCUT2D eigenvalue weighted by molar-refractivity contribution is 0.325. The Morgan fingerprint density at radius 3 is 2.78 bits per heavy atom. The Balaban J connectivity index is 1.47. The smallest absolute Gasteiger partial charge is 0.191 e. The summed E-state index contributed by atoms with van der Waals surface area (Å²) >= 11 is 1.55. The van der Waals surface area contributed by atoms with E-state index in [-0.39, 0.29) is 11.6 Å². The van der Waals surface area contributed by atoms with Gasteiger partial charge in [0.05, 0.1) is 6.61 Å². The lowest BCUT2D eigenvalue weighted by Crippen LogP contribution is -2.04. The summed E-state index contributed by atoms with van der Waals surface area (Å²) in [7, 11) is 0. The fraction of sp³-hybridized carbons (Fsp3) is 0.200. The minimum absolute atomic E-state index is 0.273. The summed E-state index contributed by atoms with van der Waals surface area (Å²) in [6, 6.07) is 14.6. The van der Waals surface area contributed by atoms with Crippen molar-refractivity contribution in [3.63, 3.8) is 0 Å². The Kier molecular flexibility index (Phi) is 5.11. The highest BCUT2D eigenvalue weighted by molar-refractivity contribution is 7.99. The maximum absolute atomic E-state index is 13.6. The Morgan fingerprint density at radius 1 is 1.11 bits per heavy atom. The molecular weight excluding hydrogens is 363 g/mol. The van der Waals surface area contributed by atoms with Crippen molar-refractivity contribution in [2.75, 3.05) is 12.4 Å². The molecule has 0 saturated heterocycles. The third-order valence-corrected chi connectivity index (χ3v) is 5.20. The summed E-state index contributed by atoms with van der Waals surface area (Å²) in [6.45, 7) is 3.23. The summed E-state index contributed by atoms with van der Waals surface area (Å²) in [5.74, 6) is 1.42. The fourth-order valence-corrected chi connectivity index (χ4v) is 3.80. The standard InChI is InChI=1S/C20H19FN4OS/c1-2-25-19(15-13-22-17-9-5-3-7-14(15)17)23-24-20(25)27-12-11-26-18-10-6-4-8-16(18)21/h3-10,13,22H,2,11-12H2,1H3. The van der Waals surface area contributed by atoms with Gasteiger partial charge in [0.2, 0.25) is 0 Å². The van der Waals surface area contributed by atoms with Crippen molar-refractivity contribution in [2.24, 2.45) is 0 Å². The van der Waals surface area contributed by atoms with E-state index in [1.807, 2.05) is 24.4 Å². The van der Waals surface area contributed by atoms with Gasteiger partial charge in [-0.15, -0.1) is 10.2 Å². The number of thioether (sulfide) groups is 1.